The first kappa shape index (κ1) is 34.9. The first-order valence-corrected chi connectivity index (χ1v) is 20.8. The van der Waals surface area contributed by atoms with Gasteiger partial charge in [0.1, 0.15) is 11.2 Å². The van der Waals surface area contributed by atoms with Gasteiger partial charge in [0.15, 0.2) is 0 Å². The summed E-state index contributed by atoms with van der Waals surface area (Å²) >= 11 is 0. The van der Waals surface area contributed by atoms with Crippen LogP contribution in [0.2, 0.25) is 0 Å². The highest BCUT2D eigenvalue weighted by Crippen LogP contribution is 2.41. The fourth-order valence-electron chi connectivity index (χ4n) is 9.20. The molecule has 2 heterocycles. The van der Waals surface area contributed by atoms with Crippen LogP contribution >= 0.6 is 0 Å². The molecule has 2 aromatic heterocycles. The number of hydrogen-bond donors (Lipinski definition) is 0. The van der Waals surface area contributed by atoms with Gasteiger partial charge in [0, 0.05) is 44.0 Å². The van der Waals surface area contributed by atoms with Crippen molar-refractivity contribution in [3.8, 4) is 39.1 Å². The highest BCUT2D eigenvalue weighted by molar-refractivity contribution is 6.11. The molecule has 0 aliphatic carbocycles. The van der Waals surface area contributed by atoms with Crippen LogP contribution < -0.4 is 4.90 Å². The zero-order valence-corrected chi connectivity index (χ0v) is 33.2. The number of anilines is 3. The molecule has 3 nitrogen and oxygen atoms in total. The maximum absolute atomic E-state index is 6.08. The second-order valence-electron chi connectivity index (χ2n) is 15.7. The largest absolute Gasteiger partial charge is 0.456 e. The Bertz CT molecular complexity index is 3560. The molecule has 0 saturated carbocycles. The molecule has 12 rings (SSSR count). The smallest absolute Gasteiger partial charge is 0.135 e. The number of furan rings is 1. The molecule has 0 spiro atoms. The Labute approximate surface area is 353 Å². The van der Waals surface area contributed by atoms with E-state index in [0.29, 0.717) is 0 Å². The van der Waals surface area contributed by atoms with Crippen molar-refractivity contribution in [2.75, 3.05) is 4.90 Å². The summed E-state index contributed by atoms with van der Waals surface area (Å²) in [5.41, 5.74) is 15.9. The number of rotatable bonds is 7. The van der Waals surface area contributed by atoms with Crippen molar-refractivity contribution in [1.29, 1.82) is 0 Å². The van der Waals surface area contributed by atoms with E-state index in [2.05, 4.69) is 228 Å². The van der Waals surface area contributed by atoms with Gasteiger partial charge in [-0.15, -0.1) is 0 Å². The Morgan fingerprint density at radius 3 is 1.59 bits per heavy atom. The maximum Gasteiger partial charge on any atom is 0.135 e. The van der Waals surface area contributed by atoms with Crippen LogP contribution in [-0.4, -0.2) is 4.57 Å². The Kier molecular flexibility index (Phi) is 8.17. The first-order chi connectivity index (χ1) is 30.2. The molecule has 0 saturated heterocycles. The van der Waals surface area contributed by atoms with Crippen LogP contribution in [0.3, 0.4) is 0 Å². The fraction of sp³-hybridized carbons (Fsp3) is 0. The van der Waals surface area contributed by atoms with Crippen LogP contribution in [-0.2, 0) is 0 Å². The molecule has 10 aromatic carbocycles. The molecule has 61 heavy (non-hydrogen) atoms. The second-order valence-corrected chi connectivity index (χ2v) is 15.7. The van der Waals surface area contributed by atoms with Gasteiger partial charge >= 0.3 is 0 Å². The van der Waals surface area contributed by atoms with Gasteiger partial charge < -0.3 is 13.9 Å². The third kappa shape index (κ3) is 5.98. The molecule has 0 fully saturated rings. The van der Waals surface area contributed by atoms with Gasteiger partial charge in [-0.25, -0.2) is 0 Å². The van der Waals surface area contributed by atoms with Gasteiger partial charge in [0.25, 0.3) is 0 Å². The highest BCUT2D eigenvalue weighted by Gasteiger charge is 2.17. The summed E-state index contributed by atoms with van der Waals surface area (Å²) in [5, 5.41) is 7.22. The summed E-state index contributed by atoms with van der Waals surface area (Å²) in [7, 11) is 0. The summed E-state index contributed by atoms with van der Waals surface area (Å²) in [5.74, 6) is 0. The van der Waals surface area contributed by atoms with E-state index in [1.54, 1.807) is 0 Å². The lowest BCUT2D eigenvalue weighted by Gasteiger charge is -2.27. The number of nitrogens with zero attached hydrogens (tertiary/aromatic N) is 2. The van der Waals surface area contributed by atoms with Gasteiger partial charge in [-0.2, -0.15) is 0 Å². The van der Waals surface area contributed by atoms with E-state index in [4.69, 9.17) is 4.42 Å². The molecular weight excluding hydrogens is 741 g/mol. The minimum atomic E-state index is 0.916. The topological polar surface area (TPSA) is 21.3 Å². The van der Waals surface area contributed by atoms with Crippen LogP contribution in [0.4, 0.5) is 17.1 Å². The predicted octanol–water partition coefficient (Wildman–Crippen LogP) is 16.3. The lowest BCUT2D eigenvalue weighted by molar-refractivity contribution is 0.669. The van der Waals surface area contributed by atoms with E-state index in [1.807, 2.05) is 12.1 Å². The fourth-order valence-corrected chi connectivity index (χ4v) is 9.20. The standard InChI is InChI=1S/C58H38N2O/c1-2-13-46(14-3-1)59(54-19-10-12-43-11-4-5-15-49(43)54)47-31-25-39(26-32-47)40-27-33-48(34-28-40)60-55-18-8-6-16-50(55)52-37-44(29-35-56(52)60)41-21-23-42(24-22-41)45-30-36-58-53(38-45)51-17-7-9-20-57(51)61-58/h1-38H. The monoisotopic (exact) mass is 778 g/mol. The SMILES string of the molecule is c1ccc(N(c2ccc(-c3ccc(-n4c5ccccc5c5cc(-c6ccc(-c7ccc8oc9ccccc9c8c7)cc6)ccc54)cc3)cc2)c2cccc3ccccc23)cc1. The van der Waals surface area contributed by atoms with Crippen molar-refractivity contribution in [2.24, 2.45) is 0 Å². The molecule has 286 valence electrons. The van der Waals surface area contributed by atoms with Gasteiger partial charge in [-0.05, 0) is 118 Å². The Morgan fingerprint density at radius 2 is 0.820 bits per heavy atom. The molecular formula is C58H38N2O. The average molecular weight is 779 g/mol. The number of para-hydroxylation sites is 3. The van der Waals surface area contributed by atoms with Crippen molar-refractivity contribution in [3.05, 3.63) is 231 Å². The zero-order chi connectivity index (χ0) is 40.3. The summed E-state index contributed by atoms with van der Waals surface area (Å²) < 4.78 is 8.47. The molecule has 0 bridgehead atoms. The van der Waals surface area contributed by atoms with Crippen molar-refractivity contribution >= 4 is 71.6 Å². The minimum absolute atomic E-state index is 0.916. The van der Waals surface area contributed by atoms with Gasteiger partial charge in [0.05, 0.1) is 16.7 Å². The van der Waals surface area contributed by atoms with E-state index in [9.17, 15) is 0 Å². The van der Waals surface area contributed by atoms with Crippen molar-refractivity contribution in [2.45, 2.75) is 0 Å². The summed E-state index contributed by atoms with van der Waals surface area (Å²) in [6.45, 7) is 0. The van der Waals surface area contributed by atoms with Crippen molar-refractivity contribution < 1.29 is 4.42 Å². The lowest BCUT2D eigenvalue weighted by atomic mass is 9.98. The Morgan fingerprint density at radius 1 is 0.311 bits per heavy atom. The van der Waals surface area contributed by atoms with Gasteiger partial charge in [0.2, 0.25) is 0 Å². The van der Waals surface area contributed by atoms with E-state index in [0.717, 1.165) is 44.7 Å². The molecule has 0 atom stereocenters. The molecule has 0 aliphatic rings. The predicted molar refractivity (Wildman–Crippen MR) is 257 cm³/mol. The van der Waals surface area contributed by atoms with Crippen LogP contribution in [0.5, 0.6) is 0 Å². The third-order valence-electron chi connectivity index (χ3n) is 12.2. The molecule has 0 aliphatic heterocycles. The molecule has 0 radical (unpaired) electrons. The first-order valence-electron chi connectivity index (χ1n) is 20.8. The van der Waals surface area contributed by atoms with E-state index in [-0.39, 0.29) is 0 Å². The second kappa shape index (κ2) is 14.3. The minimum Gasteiger partial charge on any atom is -0.456 e. The Hall–Kier alpha value is -8.14. The van der Waals surface area contributed by atoms with Crippen molar-refractivity contribution in [1.82, 2.24) is 4.57 Å². The summed E-state index contributed by atoms with van der Waals surface area (Å²) in [4.78, 5) is 2.35. The maximum atomic E-state index is 6.08. The lowest BCUT2D eigenvalue weighted by Crippen LogP contribution is -2.10. The molecule has 0 unspecified atom stereocenters. The average Bonchev–Trinajstić information content (AvgIpc) is 3.87. The number of benzene rings is 10. The van der Waals surface area contributed by atoms with Gasteiger partial charge in [-0.1, -0.05) is 152 Å². The molecule has 0 N–H and O–H groups in total. The number of hydrogen-bond acceptors (Lipinski definition) is 2. The number of fused-ring (bicyclic) bond motifs is 7. The normalized spacial score (nSPS) is 11.6. The summed E-state index contributed by atoms with van der Waals surface area (Å²) in [6.07, 6.45) is 0. The van der Waals surface area contributed by atoms with Crippen LogP contribution in [0.25, 0.3) is 93.6 Å². The third-order valence-corrected chi connectivity index (χ3v) is 12.2. The van der Waals surface area contributed by atoms with Crippen LogP contribution in [0.15, 0.2) is 235 Å². The van der Waals surface area contributed by atoms with E-state index >= 15 is 0 Å². The molecule has 3 heteroatoms. The number of aromatic nitrogens is 1. The van der Waals surface area contributed by atoms with Gasteiger partial charge in [-0.3, -0.25) is 0 Å². The van der Waals surface area contributed by atoms with Crippen LogP contribution in [0.1, 0.15) is 0 Å². The molecule has 0 amide bonds. The Balaban J connectivity index is 0.853. The van der Waals surface area contributed by atoms with E-state index < -0.39 is 0 Å². The quantitative estimate of drug-likeness (QED) is 0.161. The molecule has 12 aromatic rings. The zero-order valence-electron chi connectivity index (χ0n) is 33.2. The van der Waals surface area contributed by atoms with Crippen LogP contribution in [0, 0.1) is 0 Å². The van der Waals surface area contributed by atoms with E-state index in [1.165, 1.54) is 66.0 Å². The van der Waals surface area contributed by atoms with Crippen molar-refractivity contribution in [3.63, 3.8) is 0 Å². The highest BCUT2D eigenvalue weighted by atomic mass is 16.3. The summed E-state index contributed by atoms with van der Waals surface area (Å²) in [6, 6.07) is 82.9.